The van der Waals surface area contributed by atoms with Crippen LogP contribution >= 0.6 is 0 Å². The second-order valence-electron chi connectivity index (χ2n) is 5.41. The quantitative estimate of drug-likeness (QED) is 0.619. The summed E-state index contributed by atoms with van der Waals surface area (Å²) in [7, 11) is 1.53. The van der Waals surface area contributed by atoms with Crippen molar-refractivity contribution in [1.82, 2.24) is 10.1 Å². The number of carbonyl (C=O) groups is 2. The Bertz CT molecular complexity index is 741. The van der Waals surface area contributed by atoms with Crippen LogP contribution < -0.4 is 5.32 Å². The summed E-state index contributed by atoms with van der Waals surface area (Å²) in [6.45, 7) is 7.32. The highest BCUT2D eigenvalue weighted by Crippen LogP contribution is 2.23. The number of nitrogens with zero attached hydrogens (tertiary/aromatic N) is 1. The lowest BCUT2D eigenvalue weighted by Gasteiger charge is -2.05. The molecule has 1 amide bonds. The van der Waals surface area contributed by atoms with Gasteiger partial charge in [-0.05, 0) is 33.3 Å². The van der Waals surface area contributed by atoms with Crippen LogP contribution in [0.5, 0.6) is 0 Å². The third-order valence-corrected chi connectivity index (χ3v) is 3.66. The Kier molecular flexibility index (Phi) is 5.40. The van der Waals surface area contributed by atoms with Gasteiger partial charge in [-0.3, -0.25) is 4.79 Å². The summed E-state index contributed by atoms with van der Waals surface area (Å²) in [5.74, 6) is -0.350. The SMILES string of the molecule is COCCOC(=O)c1c(C)[nH]c(C(=O)Nc2c(C)noc2C)c1C. The van der Waals surface area contributed by atoms with E-state index in [2.05, 4.69) is 15.5 Å². The highest BCUT2D eigenvalue weighted by Gasteiger charge is 2.24. The first kappa shape index (κ1) is 17.7. The highest BCUT2D eigenvalue weighted by atomic mass is 16.6. The molecule has 8 heteroatoms. The summed E-state index contributed by atoms with van der Waals surface area (Å²) in [5.41, 5.74) is 2.86. The van der Waals surface area contributed by atoms with Crippen molar-refractivity contribution in [1.29, 1.82) is 0 Å². The van der Waals surface area contributed by atoms with Crippen molar-refractivity contribution in [3.05, 3.63) is 34.0 Å². The van der Waals surface area contributed by atoms with E-state index in [1.165, 1.54) is 7.11 Å². The summed E-state index contributed by atoms with van der Waals surface area (Å²) < 4.78 is 15.0. The molecule has 2 aromatic heterocycles. The molecule has 0 bridgehead atoms. The van der Waals surface area contributed by atoms with E-state index >= 15 is 0 Å². The van der Waals surface area contributed by atoms with E-state index in [9.17, 15) is 9.59 Å². The minimum atomic E-state index is -0.491. The van der Waals surface area contributed by atoms with Gasteiger partial charge in [-0.2, -0.15) is 0 Å². The zero-order chi connectivity index (χ0) is 17.9. The minimum Gasteiger partial charge on any atom is -0.460 e. The topological polar surface area (TPSA) is 106 Å². The molecule has 0 aliphatic rings. The molecule has 0 aliphatic carbocycles. The van der Waals surface area contributed by atoms with Gasteiger partial charge >= 0.3 is 5.97 Å². The normalized spacial score (nSPS) is 10.7. The van der Waals surface area contributed by atoms with Crippen molar-refractivity contribution >= 4 is 17.6 Å². The number of ether oxygens (including phenoxy) is 2. The number of rotatable bonds is 6. The zero-order valence-electron chi connectivity index (χ0n) is 14.4. The number of methoxy groups -OCH3 is 1. The smallest absolute Gasteiger partial charge is 0.340 e. The van der Waals surface area contributed by atoms with Crippen LogP contribution in [0, 0.1) is 27.7 Å². The lowest BCUT2D eigenvalue weighted by atomic mass is 10.1. The van der Waals surface area contributed by atoms with Gasteiger partial charge in [-0.15, -0.1) is 0 Å². The van der Waals surface area contributed by atoms with E-state index in [0.29, 0.717) is 46.3 Å². The molecule has 0 atom stereocenters. The molecule has 0 fully saturated rings. The van der Waals surface area contributed by atoms with Gasteiger partial charge < -0.3 is 24.3 Å². The minimum absolute atomic E-state index is 0.153. The van der Waals surface area contributed by atoms with Gasteiger partial charge in [0.15, 0.2) is 5.76 Å². The molecule has 2 heterocycles. The van der Waals surface area contributed by atoms with Gasteiger partial charge in [-0.25, -0.2) is 4.79 Å². The van der Waals surface area contributed by atoms with Gasteiger partial charge in [-0.1, -0.05) is 5.16 Å². The van der Waals surface area contributed by atoms with Crippen molar-refractivity contribution in [2.75, 3.05) is 25.6 Å². The van der Waals surface area contributed by atoms with E-state index in [-0.39, 0.29) is 12.5 Å². The van der Waals surface area contributed by atoms with E-state index in [1.54, 1.807) is 27.7 Å². The fourth-order valence-corrected chi connectivity index (χ4v) is 2.41. The molecule has 2 aromatic rings. The van der Waals surface area contributed by atoms with Crippen LogP contribution in [-0.2, 0) is 9.47 Å². The molecule has 130 valence electrons. The van der Waals surface area contributed by atoms with Gasteiger partial charge in [0.1, 0.15) is 23.7 Å². The molecular weight excluding hydrogens is 314 g/mol. The molecule has 0 radical (unpaired) electrons. The highest BCUT2D eigenvalue weighted by molar-refractivity contribution is 6.07. The lowest BCUT2D eigenvalue weighted by molar-refractivity contribution is 0.0387. The Morgan fingerprint density at radius 3 is 2.50 bits per heavy atom. The first-order valence-electron chi connectivity index (χ1n) is 7.46. The summed E-state index contributed by atoms with van der Waals surface area (Å²) in [4.78, 5) is 27.6. The predicted octanol–water partition coefficient (Wildman–Crippen LogP) is 2.29. The van der Waals surface area contributed by atoms with Gasteiger partial charge in [0, 0.05) is 12.8 Å². The monoisotopic (exact) mass is 335 g/mol. The third-order valence-electron chi connectivity index (χ3n) is 3.66. The van der Waals surface area contributed by atoms with Crippen LogP contribution in [0.25, 0.3) is 0 Å². The number of H-pyrrole nitrogens is 1. The molecule has 0 aromatic carbocycles. The van der Waals surface area contributed by atoms with Crippen LogP contribution in [0.1, 0.15) is 43.6 Å². The molecule has 0 saturated heterocycles. The van der Waals surface area contributed by atoms with E-state index < -0.39 is 5.97 Å². The third kappa shape index (κ3) is 3.48. The number of nitrogens with one attached hydrogen (secondary N) is 2. The fourth-order valence-electron chi connectivity index (χ4n) is 2.41. The van der Waals surface area contributed by atoms with Crippen LogP contribution in [0.3, 0.4) is 0 Å². The Morgan fingerprint density at radius 1 is 1.21 bits per heavy atom. The average Bonchev–Trinajstić information content (AvgIpc) is 3.00. The molecule has 0 saturated carbocycles. The maximum atomic E-state index is 12.5. The average molecular weight is 335 g/mol. The first-order valence-corrected chi connectivity index (χ1v) is 7.46. The molecule has 0 spiro atoms. The summed E-state index contributed by atoms with van der Waals surface area (Å²) in [6, 6.07) is 0. The van der Waals surface area contributed by atoms with Gasteiger partial charge in [0.2, 0.25) is 0 Å². The summed E-state index contributed by atoms with van der Waals surface area (Å²) >= 11 is 0. The molecule has 24 heavy (non-hydrogen) atoms. The van der Waals surface area contributed by atoms with Crippen molar-refractivity contribution in [2.45, 2.75) is 27.7 Å². The van der Waals surface area contributed by atoms with Crippen LogP contribution in [-0.4, -0.2) is 42.3 Å². The van der Waals surface area contributed by atoms with Crippen molar-refractivity contribution < 1.29 is 23.6 Å². The molecule has 0 unspecified atom stereocenters. The number of aryl methyl sites for hydroxylation is 3. The van der Waals surface area contributed by atoms with Crippen LogP contribution in [0.2, 0.25) is 0 Å². The fraction of sp³-hybridized carbons (Fsp3) is 0.438. The second kappa shape index (κ2) is 7.31. The van der Waals surface area contributed by atoms with Gasteiger partial charge in [0.25, 0.3) is 5.91 Å². The number of esters is 1. The maximum absolute atomic E-state index is 12.5. The maximum Gasteiger partial charge on any atom is 0.340 e. The number of anilines is 1. The van der Waals surface area contributed by atoms with Gasteiger partial charge in [0.05, 0.1) is 12.2 Å². The Hall–Kier alpha value is -2.61. The van der Waals surface area contributed by atoms with Crippen molar-refractivity contribution in [2.24, 2.45) is 0 Å². The number of hydrogen-bond acceptors (Lipinski definition) is 6. The molecule has 2 rings (SSSR count). The van der Waals surface area contributed by atoms with Crippen molar-refractivity contribution in [3.8, 4) is 0 Å². The molecular formula is C16H21N3O5. The zero-order valence-corrected chi connectivity index (χ0v) is 14.4. The number of aromatic nitrogens is 2. The number of carbonyl (C=O) groups excluding carboxylic acids is 2. The Labute approximate surface area is 139 Å². The van der Waals surface area contributed by atoms with Crippen LogP contribution in [0.4, 0.5) is 5.69 Å². The van der Waals surface area contributed by atoms with Crippen molar-refractivity contribution in [3.63, 3.8) is 0 Å². The first-order chi connectivity index (χ1) is 11.4. The Balaban J connectivity index is 2.21. The molecule has 8 nitrogen and oxygen atoms in total. The second-order valence-corrected chi connectivity index (χ2v) is 5.41. The van der Waals surface area contributed by atoms with Crippen LogP contribution in [0.15, 0.2) is 4.52 Å². The Morgan fingerprint density at radius 2 is 1.92 bits per heavy atom. The predicted molar refractivity (Wildman–Crippen MR) is 86.4 cm³/mol. The standard InChI is InChI=1S/C16H21N3O5/c1-8-12(16(21)23-7-6-22-5)9(2)17-13(8)15(20)18-14-10(3)19-24-11(14)4/h17H,6-7H2,1-5H3,(H,18,20). The summed E-state index contributed by atoms with van der Waals surface area (Å²) in [6.07, 6.45) is 0. The number of hydrogen-bond donors (Lipinski definition) is 2. The molecule has 0 aliphatic heterocycles. The molecule has 2 N–H and O–H groups in total. The lowest BCUT2D eigenvalue weighted by Crippen LogP contribution is -2.15. The number of amides is 1. The summed E-state index contributed by atoms with van der Waals surface area (Å²) in [5, 5.41) is 6.54. The largest absolute Gasteiger partial charge is 0.460 e. The van der Waals surface area contributed by atoms with E-state index in [1.807, 2.05) is 0 Å². The van der Waals surface area contributed by atoms with E-state index in [0.717, 1.165) is 0 Å². The van der Waals surface area contributed by atoms with E-state index in [4.69, 9.17) is 14.0 Å². The number of aromatic amines is 1.